The third-order valence-electron chi connectivity index (χ3n) is 5.80. The molecule has 2 aromatic rings. The molecule has 0 amide bonds. The fraction of sp³-hybridized carbons (Fsp3) is 0.214. The Hall–Kier alpha value is -3.26. The van der Waals surface area contributed by atoms with Crippen molar-refractivity contribution in [2.75, 3.05) is 0 Å². The first-order valence-corrected chi connectivity index (χ1v) is 10.5. The molecule has 2 aliphatic carbocycles. The van der Waals surface area contributed by atoms with Gasteiger partial charge in [-0.25, -0.2) is 0 Å². The predicted octanol–water partition coefficient (Wildman–Crippen LogP) is 6.71. The summed E-state index contributed by atoms with van der Waals surface area (Å²) in [5.41, 5.74) is 7.13. The van der Waals surface area contributed by atoms with Crippen molar-refractivity contribution in [2.45, 2.75) is 27.7 Å². The van der Waals surface area contributed by atoms with Crippen molar-refractivity contribution in [1.29, 1.82) is 0 Å². The first-order valence-electron chi connectivity index (χ1n) is 10.5. The zero-order chi connectivity index (χ0) is 21.4. The molecule has 0 radical (unpaired) electrons. The van der Waals surface area contributed by atoms with Gasteiger partial charge in [0.15, 0.2) is 11.6 Å². The van der Waals surface area contributed by atoms with Crippen molar-refractivity contribution in [3.8, 4) is 0 Å². The zero-order valence-corrected chi connectivity index (χ0v) is 17.9. The first kappa shape index (κ1) is 20.0. The molecule has 2 heteroatoms. The predicted molar refractivity (Wildman–Crippen MR) is 123 cm³/mol. The Kier molecular flexibility index (Phi) is 5.26. The van der Waals surface area contributed by atoms with Gasteiger partial charge in [0.2, 0.25) is 0 Å². The van der Waals surface area contributed by atoms with Crippen LogP contribution in [-0.2, 0) is 0 Å². The fourth-order valence-electron chi connectivity index (χ4n) is 4.11. The van der Waals surface area contributed by atoms with Gasteiger partial charge in [0.25, 0.3) is 0 Å². The summed E-state index contributed by atoms with van der Waals surface area (Å²) in [5.74, 6) is 0.534. The molecule has 0 spiro atoms. The molecular weight excluding hydrogens is 368 g/mol. The number of rotatable bonds is 3. The molecular formula is C28H26O2. The van der Waals surface area contributed by atoms with Crippen LogP contribution in [0.25, 0.3) is 11.1 Å². The monoisotopic (exact) mass is 394 g/mol. The Bertz CT molecular complexity index is 1070. The third kappa shape index (κ3) is 3.43. The molecule has 150 valence electrons. The minimum atomic E-state index is 0.112. The van der Waals surface area contributed by atoms with E-state index in [2.05, 4.69) is 12.2 Å². The summed E-state index contributed by atoms with van der Waals surface area (Å²) in [7, 11) is 0. The fourth-order valence-corrected chi connectivity index (χ4v) is 4.11. The zero-order valence-electron chi connectivity index (χ0n) is 17.9. The van der Waals surface area contributed by atoms with Crippen LogP contribution in [0, 0.1) is 11.8 Å². The van der Waals surface area contributed by atoms with Gasteiger partial charge in [-0.1, -0.05) is 88.4 Å². The molecule has 0 saturated heterocycles. The van der Waals surface area contributed by atoms with Gasteiger partial charge in [-0.3, -0.25) is 9.59 Å². The molecule has 0 fully saturated rings. The molecule has 2 aromatic carbocycles. The van der Waals surface area contributed by atoms with Crippen LogP contribution < -0.4 is 0 Å². The molecule has 2 nitrogen and oxygen atoms in total. The van der Waals surface area contributed by atoms with Gasteiger partial charge in [0, 0.05) is 22.3 Å². The number of fused-ring (bicyclic) bond motifs is 2. The number of Topliss-reactive ketones (excluding diaryl/α,β-unsaturated/α-hetero) is 2. The number of ketones is 2. The lowest BCUT2D eigenvalue weighted by atomic mass is 9.81. The molecule has 30 heavy (non-hydrogen) atoms. The lowest BCUT2D eigenvalue weighted by molar-refractivity contribution is 0.101. The highest BCUT2D eigenvalue weighted by molar-refractivity contribution is 6.17. The van der Waals surface area contributed by atoms with E-state index in [1.165, 1.54) is 0 Å². The number of allylic oxidation sites excluding steroid dienone is 8. The highest BCUT2D eigenvalue weighted by Crippen LogP contribution is 2.35. The highest BCUT2D eigenvalue weighted by atomic mass is 16.1. The quantitative estimate of drug-likeness (QED) is 0.580. The number of benzene rings is 2. The number of hydrogen-bond acceptors (Lipinski definition) is 2. The van der Waals surface area contributed by atoms with Crippen LogP contribution in [0.15, 0.2) is 84.0 Å². The van der Waals surface area contributed by atoms with Gasteiger partial charge in [-0.05, 0) is 46.3 Å². The van der Waals surface area contributed by atoms with E-state index in [1.807, 2.05) is 88.4 Å². The van der Waals surface area contributed by atoms with Crippen LogP contribution in [0.5, 0.6) is 0 Å². The highest BCUT2D eigenvalue weighted by Gasteiger charge is 2.26. The average molecular weight is 395 g/mol. The van der Waals surface area contributed by atoms with Crippen LogP contribution in [-0.4, -0.2) is 11.6 Å². The Morgan fingerprint density at radius 2 is 0.900 bits per heavy atom. The van der Waals surface area contributed by atoms with Crippen molar-refractivity contribution >= 4 is 22.7 Å². The Morgan fingerprint density at radius 3 is 1.23 bits per heavy atom. The normalized spacial score (nSPS) is 18.6. The lowest BCUT2D eigenvalue weighted by Crippen LogP contribution is -2.16. The molecule has 2 aliphatic rings. The van der Waals surface area contributed by atoms with Crippen molar-refractivity contribution in [1.82, 2.24) is 0 Å². The maximum atomic E-state index is 12.9. The van der Waals surface area contributed by atoms with Gasteiger partial charge in [0.1, 0.15) is 0 Å². The Labute approximate surface area is 178 Å². The second-order valence-electron chi connectivity index (χ2n) is 8.50. The van der Waals surface area contributed by atoms with Crippen LogP contribution in [0.3, 0.4) is 0 Å². The van der Waals surface area contributed by atoms with E-state index in [9.17, 15) is 9.59 Å². The van der Waals surface area contributed by atoms with Crippen LogP contribution in [0.1, 0.15) is 59.5 Å². The van der Waals surface area contributed by atoms with Crippen molar-refractivity contribution < 1.29 is 9.59 Å². The summed E-state index contributed by atoms with van der Waals surface area (Å²) < 4.78 is 0. The lowest BCUT2D eigenvalue weighted by Gasteiger charge is -2.21. The van der Waals surface area contributed by atoms with E-state index < -0.39 is 0 Å². The maximum Gasteiger partial charge on any atom is 0.189 e. The smallest absolute Gasteiger partial charge is 0.189 e. The average Bonchev–Trinajstić information content (AvgIpc) is 2.74. The molecule has 0 unspecified atom stereocenters. The minimum Gasteiger partial charge on any atom is -0.289 e. The number of carbonyl (C=O) groups is 2. The molecule has 0 bridgehead atoms. The summed E-state index contributed by atoms with van der Waals surface area (Å²) in [6.07, 6.45) is 8.17. The van der Waals surface area contributed by atoms with Gasteiger partial charge in [-0.2, -0.15) is 0 Å². The molecule has 0 aromatic heterocycles. The standard InChI is InChI=1S/C28H26O2/c1-17(2)25-15-19(21-9-5-7-11-23(21)27(25)29)13-14-20-16-26(18(3)4)28(30)24-12-8-6-10-22(20)24/h5-18H,1-4H3. The van der Waals surface area contributed by atoms with Gasteiger partial charge in [-0.15, -0.1) is 0 Å². The maximum absolute atomic E-state index is 12.9. The number of hydrogen-bond donors (Lipinski definition) is 0. The minimum absolute atomic E-state index is 0.112. The third-order valence-corrected chi connectivity index (χ3v) is 5.80. The van der Waals surface area contributed by atoms with E-state index in [0.29, 0.717) is 0 Å². The summed E-state index contributed by atoms with van der Waals surface area (Å²) in [6, 6.07) is 15.6. The molecule has 0 N–H and O–H groups in total. The summed E-state index contributed by atoms with van der Waals surface area (Å²) >= 11 is 0. The molecule has 0 atom stereocenters. The first-order chi connectivity index (χ1) is 14.4. The van der Waals surface area contributed by atoms with Crippen LogP contribution >= 0.6 is 0 Å². The largest absolute Gasteiger partial charge is 0.289 e. The number of carbonyl (C=O) groups excluding carboxylic acids is 2. The molecule has 0 heterocycles. The summed E-state index contributed by atoms with van der Waals surface area (Å²) in [5, 5.41) is 0. The molecule has 0 aliphatic heterocycles. The van der Waals surface area contributed by atoms with Crippen molar-refractivity contribution in [3.05, 3.63) is 106 Å². The topological polar surface area (TPSA) is 34.1 Å². The van der Waals surface area contributed by atoms with E-state index in [1.54, 1.807) is 0 Å². The van der Waals surface area contributed by atoms with Crippen molar-refractivity contribution in [3.63, 3.8) is 0 Å². The van der Waals surface area contributed by atoms with Gasteiger partial charge in [0.05, 0.1) is 0 Å². The van der Waals surface area contributed by atoms with E-state index in [4.69, 9.17) is 0 Å². The molecule has 4 rings (SSSR count). The summed E-state index contributed by atoms with van der Waals surface area (Å²) in [4.78, 5) is 25.7. The van der Waals surface area contributed by atoms with Gasteiger partial charge >= 0.3 is 0 Å². The van der Waals surface area contributed by atoms with E-state index >= 15 is 0 Å². The Morgan fingerprint density at radius 1 is 0.567 bits per heavy atom. The Balaban J connectivity index is 1.88. The van der Waals surface area contributed by atoms with Gasteiger partial charge < -0.3 is 0 Å². The second-order valence-corrected chi connectivity index (χ2v) is 8.50. The van der Waals surface area contributed by atoms with E-state index in [0.717, 1.165) is 44.5 Å². The van der Waals surface area contributed by atoms with Crippen molar-refractivity contribution in [2.24, 2.45) is 11.8 Å². The molecule has 0 saturated carbocycles. The van der Waals surface area contributed by atoms with Crippen LogP contribution in [0.2, 0.25) is 0 Å². The van der Waals surface area contributed by atoms with Crippen LogP contribution in [0.4, 0.5) is 0 Å². The second kappa shape index (κ2) is 7.87. The van der Waals surface area contributed by atoms with E-state index in [-0.39, 0.29) is 23.4 Å². The SMILES string of the molecule is CC(C)C1=CC(=CC=C2C=C(C(C)C)C(=O)c3ccccc32)c2ccccc2C1=O. The summed E-state index contributed by atoms with van der Waals surface area (Å²) in [6.45, 7) is 8.20.